The summed E-state index contributed by atoms with van der Waals surface area (Å²) in [4.78, 5) is 7.00. The number of aromatic nitrogens is 1. The van der Waals surface area contributed by atoms with Crippen LogP contribution < -0.4 is 10.6 Å². The summed E-state index contributed by atoms with van der Waals surface area (Å²) in [6.07, 6.45) is 0.923. The second kappa shape index (κ2) is 6.53. The molecule has 0 radical (unpaired) electrons. The van der Waals surface area contributed by atoms with Crippen LogP contribution in [0.4, 0.5) is 11.5 Å². The monoisotopic (exact) mass is 269 g/mol. The van der Waals surface area contributed by atoms with Crippen molar-refractivity contribution in [1.82, 2.24) is 4.98 Å². The van der Waals surface area contributed by atoms with E-state index in [1.165, 1.54) is 11.3 Å². The van der Waals surface area contributed by atoms with E-state index in [-0.39, 0.29) is 0 Å². The Morgan fingerprint density at radius 2 is 1.90 bits per heavy atom. The molecule has 0 spiro atoms. The van der Waals surface area contributed by atoms with Crippen molar-refractivity contribution < 1.29 is 0 Å². The molecule has 3 nitrogen and oxygen atoms in total. The average Bonchev–Trinajstić information content (AvgIpc) is 2.49. The molecule has 0 atom stereocenters. The number of para-hydroxylation sites is 1. The van der Waals surface area contributed by atoms with Gasteiger partial charge in [-0.3, -0.25) is 0 Å². The SMILES string of the molecule is CCc1cc(CN)cc(N(CC)c2ccccc2C)n1. The minimum absolute atomic E-state index is 0.549. The molecule has 1 aromatic heterocycles. The van der Waals surface area contributed by atoms with E-state index in [1.807, 2.05) is 0 Å². The van der Waals surface area contributed by atoms with Gasteiger partial charge in [0.2, 0.25) is 0 Å². The summed E-state index contributed by atoms with van der Waals surface area (Å²) < 4.78 is 0. The summed E-state index contributed by atoms with van der Waals surface area (Å²) in [6, 6.07) is 12.6. The molecule has 0 amide bonds. The third-order valence-corrected chi connectivity index (χ3v) is 3.52. The lowest BCUT2D eigenvalue weighted by Gasteiger charge is -2.25. The van der Waals surface area contributed by atoms with E-state index in [0.717, 1.165) is 30.0 Å². The summed E-state index contributed by atoms with van der Waals surface area (Å²) in [6.45, 7) is 7.83. The molecule has 0 aliphatic heterocycles. The highest BCUT2D eigenvalue weighted by atomic mass is 15.2. The zero-order valence-corrected chi connectivity index (χ0v) is 12.6. The number of nitrogens with two attached hydrogens (primary N) is 1. The number of hydrogen-bond donors (Lipinski definition) is 1. The first-order chi connectivity index (χ1) is 9.69. The Kier molecular flexibility index (Phi) is 4.74. The van der Waals surface area contributed by atoms with Crippen molar-refractivity contribution >= 4 is 11.5 Å². The quantitative estimate of drug-likeness (QED) is 0.902. The third kappa shape index (κ3) is 2.99. The lowest BCUT2D eigenvalue weighted by Crippen LogP contribution is -2.19. The van der Waals surface area contributed by atoms with Gasteiger partial charge in [-0.05, 0) is 49.6 Å². The minimum atomic E-state index is 0.549. The predicted octanol–water partition coefficient (Wildman–Crippen LogP) is 3.57. The highest BCUT2D eigenvalue weighted by Crippen LogP contribution is 2.27. The summed E-state index contributed by atoms with van der Waals surface area (Å²) in [5, 5.41) is 0. The Labute approximate surface area is 121 Å². The topological polar surface area (TPSA) is 42.1 Å². The smallest absolute Gasteiger partial charge is 0.133 e. The summed E-state index contributed by atoms with van der Waals surface area (Å²) in [7, 11) is 0. The van der Waals surface area contributed by atoms with E-state index < -0.39 is 0 Å². The standard InChI is InChI=1S/C17H23N3/c1-4-15-10-14(12-18)11-17(19-15)20(5-2)16-9-7-6-8-13(16)3/h6-11H,4-5,12,18H2,1-3H3. The van der Waals surface area contributed by atoms with Crippen molar-refractivity contribution in [3.63, 3.8) is 0 Å². The summed E-state index contributed by atoms with van der Waals surface area (Å²) in [5.74, 6) is 0.988. The molecule has 0 saturated carbocycles. The number of pyridine rings is 1. The lowest BCUT2D eigenvalue weighted by atomic mass is 10.1. The molecule has 20 heavy (non-hydrogen) atoms. The number of aryl methyl sites for hydroxylation is 2. The van der Waals surface area contributed by atoms with E-state index >= 15 is 0 Å². The van der Waals surface area contributed by atoms with Gasteiger partial charge in [-0.2, -0.15) is 0 Å². The highest BCUT2D eigenvalue weighted by molar-refractivity contribution is 5.64. The maximum atomic E-state index is 5.81. The molecule has 0 aliphatic carbocycles. The van der Waals surface area contributed by atoms with Crippen molar-refractivity contribution in [2.75, 3.05) is 11.4 Å². The van der Waals surface area contributed by atoms with Gasteiger partial charge in [0.1, 0.15) is 5.82 Å². The van der Waals surface area contributed by atoms with Gasteiger partial charge in [0.25, 0.3) is 0 Å². The van der Waals surface area contributed by atoms with Crippen LogP contribution in [-0.4, -0.2) is 11.5 Å². The second-order valence-corrected chi connectivity index (χ2v) is 4.91. The molecule has 0 fully saturated rings. The Balaban J connectivity index is 2.49. The van der Waals surface area contributed by atoms with Crippen LogP contribution in [-0.2, 0) is 13.0 Å². The maximum Gasteiger partial charge on any atom is 0.133 e. The van der Waals surface area contributed by atoms with Gasteiger partial charge in [-0.25, -0.2) is 4.98 Å². The first-order valence-electron chi connectivity index (χ1n) is 7.22. The molecule has 2 rings (SSSR count). The fraction of sp³-hybridized carbons (Fsp3) is 0.353. The predicted molar refractivity (Wildman–Crippen MR) is 85.4 cm³/mol. The van der Waals surface area contributed by atoms with Crippen LogP contribution in [0.15, 0.2) is 36.4 Å². The van der Waals surface area contributed by atoms with Crippen LogP contribution in [0.5, 0.6) is 0 Å². The molecule has 0 aliphatic rings. The molecule has 106 valence electrons. The lowest BCUT2D eigenvalue weighted by molar-refractivity contribution is 0.932. The third-order valence-electron chi connectivity index (χ3n) is 3.52. The van der Waals surface area contributed by atoms with Crippen LogP contribution in [0.2, 0.25) is 0 Å². The van der Waals surface area contributed by atoms with Gasteiger partial charge in [-0.1, -0.05) is 25.1 Å². The Morgan fingerprint density at radius 1 is 1.15 bits per heavy atom. The number of nitrogens with zero attached hydrogens (tertiary/aromatic N) is 2. The van der Waals surface area contributed by atoms with Crippen molar-refractivity contribution in [1.29, 1.82) is 0 Å². The zero-order valence-electron chi connectivity index (χ0n) is 12.6. The van der Waals surface area contributed by atoms with E-state index in [1.54, 1.807) is 0 Å². The molecule has 0 saturated heterocycles. The van der Waals surface area contributed by atoms with Gasteiger partial charge < -0.3 is 10.6 Å². The molecule has 2 aromatic rings. The first-order valence-corrected chi connectivity index (χ1v) is 7.22. The Bertz CT molecular complexity index is 556. The van der Waals surface area contributed by atoms with Gasteiger partial charge in [0.15, 0.2) is 0 Å². The fourth-order valence-corrected chi connectivity index (χ4v) is 2.39. The van der Waals surface area contributed by atoms with Crippen LogP contribution in [0.1, 0.15) is 30.7 Å². The highest BCUT2D eigenvalue weighted by Gasteiger charge is 2.12. The van der Waals surface area contributed by atoms with Crippen LogP contribution >= 0.6 is 0 Å². The molecule has 2 N–H and O–H groups in total. The molecular weight excluding hydrogens is 246 g/mol. The molecule has 1 heterocycles. The van der Waals surface area contributed by atoms with E-state index in [0.29, 0.717) is 6.54 Å². The van der Waals surface area contributed by atoms with Crippen molar-refractivity contribution in [3.8, 4) is 0 Å². The maximum absolute atomic E-state index is 5.81. The molecule has 0 bridgehead atoms. The van der Waals surface area contributed by atoms with Crippen molar-refractivity contribution in [2.24, 2.45) is 5.73 Å². The van der Waals surface area contributed by atoms with Crippen molar-refractivity contribution in [3.05, 3.63) is 53.2 Å². The van der Waals surface area contributed by atoms with Crippen molar-refractivity contribution in [2.45, 2.75) is 33.7 Å². The fourth-order valence-electron chi connectivity index (χ4n) is 2.39. The second-order valence-electron chi connectivity index (χ2n) is 4.91. The number of benzene rings is 1. The molecular formula is C17H23N3. The normalized spacial score (nSPS) is 10.6. The van der Waals surface area contributed by atoms with E-state index in [2.05, 4.69) is 62.1 Å². The number of hydrogen-bond acceptors (Lipinski definition) is 3. The Hall–Kier alpha value is -1.87. The average molecular weight is 269 g/mol. The van der Waals surface area contributed by atoms with Crippen LogP contribution in [0, 0.1) is 6.92 Å². The molecule has 1 aromatic carbocycles. The molecule has 3 heteroatoms. The molecule has 0 unspecified atom stereocenters. The van der Waals surface area contributed by atoms with Gasteiger partial charge in [0, 0.05) is 24.5 Å². The van der Waals surface area contributed by atoms with E-state index in [4.69, 9.17) is 10.7 Å². The van der Waals surface area contributed by atoms with E-state index in [9.17, 15) is 0 Å². The van der Waals surface area contributed by atoms with Gasteiger partial charge >= 0.3 is 0 Å². The summed E-state index contributed by atoms with van der Waals surface area (Å²) in [5.41, 5.74) is 10.5. The van der Waals surface area contributed by atoms with Gasteiger partial charge in [0.05, 0.1) is 0 Å². The zero-order chi connectivity index (χ0) is 14.5. The first kappa shape index (κ1) is 14.5. The number of rotatable bonds is 5. The van der Waals surface area contributed by atoms with Gasteiger partial charge in [-0.15, -0.1) is 0 Å². The van der Waals surface area contributed by atoms with Crippen LogP contribution in [0.25, 0.3) is 0 Å². The number of anilines is 2. The largest absolute Gasteiger partial charge is 0.326 e. The minimum Gasteiger partial charge on any atom is -0.326 e. The van der Waals surface area contributed by atoms with Crippen LogP contribution in [0.3, 0.4) is 0 Å². The Morgan fingerprint density at radius 3 is 2.50 bits per heavy atom. The summed E-state index contributed by atoms with van der Waals surface area (Å²) >= 11 is 0.